The SMILES string of the molecule is CN1CC[C@H]2CC[C@@H](C(=O)NC(CCC(N)=O)C(=O)NC(C(=O)NCCCCCCCC#Cc3cccc4c3CN(C3CCC(=O)NC3=O)C4=O)c3ccccc3)N2C(=O)[C@@H](NC(=O)c2cc3cc(C(F)(F)P(=O)(O)O)ccc3[nH]2)C1. The van der Waals surface area contributed by atoms with Crippen LogP contribution in [0.15, 0.2) is 72.8 Å². The predicted molar refractivity (Wildman–Crippen MR) is 289 cm³/mol. The zero-order chi connectivity index (χ0) is 58.2. The van der Waals surface area contributed by atoms with Crippen LogP contribution in [-0.4, -0.2) is 140 Å². The largest absolute Gasteiger partial charge is 0.399 e. The number of unbranched alkanes of at least 4 members (excludes halogenated alkanes) is 5. The van der Waals surface area contributed by atoms with Crippen molar-refractivity contribution in [2.45, 2.75) is 132 Å². The average Bonchev–Trinajstić information content (AvgIpc) is 4.26. The van der Waals surface area contributed by atoms with Gasteiger partial charge in [0.05, 0.1) is 0 Å². The van der Waals surface area contributed by atoms with E-state index in [1.807, 2.05) is 11.0 Å². The van der Waals surface area contributed by atoms with Crippen molar-refractivity contribution in [1.29, 1.82) is 0 Å². The maximum absolute atomic E-state index is 14.5. The van der Waals surface area contributed by atoms with Gasteiger partial charge in [0.25, 0.3) is 11.8 Å². The van der Waals surface area contributed by atoms with E-state index >= 15 is 0 Å². The second-order valence-corrected chi connectivity index (χ2v) is 22.6. The second kappa shape index (κ2) is 25.7. The first kappa shape index (κ1) is 59.3. The fourth-order valence-corrected chi connectivity index (χ4v) is 11.3. The van der Waals surface area contributed by atoms with Gasteiger partial charge in [-0.2, -0.15) is 8.78 Å². The first-order valence-electron chi connectivity index (χ1n) is 27.0. The molecule has 430 valence electrons. The topological polar surface area (TPSA) is 323 Å². The summed E-state index contributed by atoms with van der Waals surface area (Å²) in [5, 5.41) is 13.4. The Morgan fingerprint density at radius 1 is 0.889 bits per heavy atom. The van der Waals surface area contributed by atoms with Gasteiger partial charge in [0.15, 0.2) is 0 Å². The third-order valence-electron chi connectivity index (χ3n) is 15.2. The number of alkyl halides is 2. The number of piperidine rings is 1. The van der Waals surface area contributed by atoms with Crippen LogP contribution in [0.3, 0.4) is 0 Å². The van der Waals surface area contributed by atoms with Gasteiger partial charge in [0.1, 0.15) is 35.9 Å². The Hall–Kier alpha value is -7.84. The van der Waals surface area contributed by atoms with Crippen LogP contribution in [0.2, 0.25) is 0 Å². The molecule has 5 heterocycles. The lowest BCUT2D eigenvalue weighted by atomic mass is 10.0. The Bertz CT molecular complexity index is 3210. The highest BCUT2D eigenvalue weighted by Crippen LogP contribution is 2.59. The number of likely N-dealkylation sites (N-methyl/N-ethyl adjacent to an activating group) is 1. The average molecular weight is 1140 g/mol. The minimum Gasteiger partial charge on any atom is -0.370 e. The number of halogens is 2. The van der Waals surface area contributed by atoms with Crippen molar-refractivity contribution >= 4 is 71.7 Å². The molecule has 4 aromatic rings. The van der Waals surface area contributed by atoms with Crippen LogP contribution in [0.5, 0.6) is 0 Å². The van der Waals surface area contributed by atoms with Crippen molar-refractivity contribution in [2.75, 3.05) is 26.7 Å². The Kier molecular flexibility index (Phi) is 18.8. The molecule has 3 saturated heterocycles. The molecule has 25 heteroatoms. The first-order valence-corrected chi connectivity index (χ1v) is 28.6. The Labute approximate surface area is 465 Å². The molecule has 0 bridgehead atoms. The van der Waals surface area contributed by atoms with E-state index < -0.39 is 96.4 Å². The molecule has 81 heavy (non-hydrogen) atoms. The number of carbonyl (C=O) groups excluding carboxylic acids is 9. The van der Waals surface area contributed by atoms with E-state index in [4.69, 9.17) is 5.73 Å². The summed E-state index contributed by atoms with van der Waals surface area (Å²) < 4.78 is 40.6. The number of benzene rings is 3. The summed E-state index contributed by atoms with van der Waals surface area (Å²) in [6.45, 7) is 1.03. The number of carbonyl (C=O) groups is 9. The van der Waals surface area contributed by atoms with E-state index in [9.17, 15) is 66.3 Å². The molecular weight excluding hydrogens is 1070 g/mol. The van der Waals surface area contributed by atoms with E-state index in [2.05, 4.69) is 43.4 Å². The lowest BCUT2D eigenvalue weighted by Gasteiger charge is -2.38. The van der Waals surface area contributed by atoms with Crippen molar-refractivity contribution in [3.63, 3.8) is 0 Å². The van der Waals surface area contributed by atoms with Gasteiger partial charge in [0, 0.05) is 72.5 Å². The summed E-state index contributed by atoms with van der Waals surface area (Å²) in [5.74, 6) is 1.15. The molecule has 9 amide bonds. The molecule has 6 atom stereocenters. The fraction of sp³-hybridized carbons (Fsp3) is 0.446. The number of aromatic nitrogens is 1. The summed E-state index contributed by atoms with van der Waals surface area (Å²) in [6.07, 6.45) is 5.55. The highest BCUT2D eigenvalue weighted by Gasteiger charge is 2.51. The number of nitrogens with two attached hydrogens (primary N) is 1. The second-order valence-electron chi connectivity index (χ2n) is 20.9. The summed E-state index contributed by atoms with van der Waals surface area (Å²) in [6, 6.07) is 11.8. The van der Waals surface area contributed by atoms with Crippen molar-refractivity contribution in [1.82, 2.24) is 46.3 Å². The van der Waals surface area contributed by atoms with Gasteiger partial charge >= 0.3 is 13.3 Å². The van der Waals surface area contributed by atoms with Gasteiger partial charge in [-0.15, -0.1) is 0 Å². The van der Waals surface area contributed by atoms with Gasteiger partial charge in [-0.25, -0.2) is 0 Å². The van der Waals surface area contributed by atoms with Crippen LogP contribution in [0.4, 0.5) is 8.78 Å². The number of aromatic amines is 1. The molecule has 0 saturated carbocycles. The fourth-order valence-electron chi connectivity index (χ4n) is 10.8. The number of imide groups is 1. The zero-order valence-corrected chi connectivity index (χ0v) is 45.4. The highest BCUT2D eigenvalue weighted by molar-refractivity contribution is 7.52. The van der Waals surface area contributed by atoms with Crippen molar-refractivity contribution in [2.24, 2.45) is 5.73 Å². The predicted octanol–water partition coefficient (Wildman–Crippen LogP) is 3.07. The number of rotatable bonds is 21. The molecule has 0 spiro atoms. The molecule has 3 aromatic carbocycles. The monoisotopic (exact) mass is 1140 g/mol. The van der Waals surface area contributed by atoms with E-state index in [0.29, 0.717) is 49.9 Å². The number of hydrogen-bond donors (Lipinski definition) is 9. The summed E-state index contributed by atoms with van der Waals surface area (Å²) in [5.41, 5.74) is 2.55. The van der Waals surface area contributed by atoms with Crippen LogP contribution in [0.1, 0.15) is 133 Å². The van der Waals surface area contributed by atoms with Gasteiger partial charge in [0.2, 0.25) is 41.4 Å². The van der Waals surface area contributed by atoms with E-state index in [-0.39, 0.29) is 73.6 Å². The van der Waals surface area contributed by atoms with E-state index in [1.54, 1.807) is 49.5 Å². The number of H-pyrrole nitrogens is 1. The molecular formula is C56H65F2N10O12P. The number of hydrogen-bond acceptors (Lipinski definition) is 11. The van der Waals surface area contributed by atoms with Crippen LogP contribution in [-0.2, 0) is 50.3 Å². The van der Waals surface area contributed by atoms with Crippen LogP contribution < -0.4 is 32.3 Å². The molecule has 8 rings (SSSR count). The molecule has 4 aliphatic rings. The number of nitrogens with one attached hydrogen (secondary N) is 6. The van der Waals surface area contributed by atoms with Crippen molar-refractivity contribution in [3.8, 4) is 11.8 Å². The summed E-state index contributed by atoms with van der Waals surface area (Å²) >= 11 is 0. The molecule has 0 aliphatic carbocycles. The molecule has 3 unspecified atom stereocenters. The zero-order valence-electron chi connectivity index (χ0n) is 44.5. The van der Waals surface area contributed by atoms with E-state index in [0.717, 1.165) is 55.0 Å². The standard InChI is InChI=1S/C56H65F2N10O12P/c1-66-28-26-37-19-22-45(68(37)55(77)43(32-66)63-50(72)42-30-35-29-36(18-20-40(35)61-42)56(57,58)81(78,79)80)52(74)62-41(21-24-46(59)69)49(71)65-48(34-14-9-7-10-15-34)53(75)60-27-11-6-4-2-3-5-8-13-33-16-12-17-38-39(33)31-67(54(38)76)44-23-25-47(70)64-51(44)73/h7,9-10,12,14-18,20,29-30,37,41,43-45,48,61H,2-6,11,19,21-28,31-32H2,1H3,(H2,59,69)(H,60,75)(H,62,74)(H,63,72)(H,65,71)(H,64,70,73)(H2,78,79,80)/t37-,41?,43+,44?,45+,48?/m1/s1. The molecule has 10 N–H and O–H groups in total. The molecule has 4 aliphatic heterocycles. The number of nitrogens with zero attached hydrogens (tertiary/aromatic N) is 3. The first-order chi connectivity index (χ1) is 38.6. The van der Waals surface area contributed by atoms with Gasteiger partial charge in [-0.05, 0) is 100.0 Å². The Morgan fingerprint density at radius 2 is 1.64 bits per heavy atom. The van der Waals surface area contributed by atoms with Crippen molar-refractivity contribution < 1.29 is 66.3 Å². The molecule has 22 nitrogen and oxygen atoms in total. The van der Waals surface area contributed by atoms with Crippen LogP contribution in [0, 0.1) is 11.8 Å². The molecule has 3 fully saturated rings. The van der Waals surface area contributed by atoms with Gasteiger partial charge in [-0.3, -0.25) is 53.0 Å². The lowest BCUT2D eigenvalue weighted by molar-refractivity contribution is -0.144. The normalized spacial score (nSPS) is 20.2. The van der Waals surface area contributed by atoms with Crippen LogP contribution in [0.25, 0.3) is 10.9 Å². The Balaban J connectivity index is 0.843. The third-order valence-corrected chi connectivity index (χ3v) is 16.1. The third kappa shape index (κ3) is 14.0. The van der Waals surface area contributed by atoms with E-state index in [1.165, 1.54) is 15.9 Å². The minimum absolute atomic E-state index is 0.0194. The van der Waals surface area contributed by atoms with Gasteiger partial charge in [-0.1, -0.05) is 73.6 Å². The minimum atomic E-state index is -5.88. The quantitative estimate of drug-likeness (QED) is 0.0251. The smallest absolute Gasteiger partial charge is 0.370 e. The maximum atomic E-state index is 14.5. The Morgan fingerprint density at radius 3 is 2.38 bits per heavy atom. The number of primary amides is 1. The maximum Gasteiger partial charge on any atom is 0.399 e. The summed E-state index contributed by atoms with van der Waals surface area (Å²) in [7, 11) is -4.12. The lowest BCUT2D eigenvalue weighted by Crippen LogP contribution is -2.61. The number of fused-ring (bicyclic) bond motifs is 3. The van der Waals surface area contributed by atoms with Crippen molar-refractivity contribution in [3.05, 3.63) is 106 Å². The van der Waals surface area contributed by atoms with Crippen LogP contribution >= 0.6 is 7.60 Å². The molecule has 1 aromatic heterocycles. The number of amides is 9. The molecule has 0 radical (unpaired) electrons. The summed E-state index contributed by atoms with van der Waals surface area (Å²) in [4.78, 5) is 146. The van der Waals surface area contributed by atoms with Gasteiger partial charge < -0.3 is 56.5 Å². The highest BCUT2D eigenvalue weighted by atomic mass is 31.2.